The second-order valence-corrected chi connectivity index (χ2v) is 6.89. The second kappa shape index (κ2) is 8.02. The highest BCUT2D eigenvalue weighted by atomic mass is 19.4. The topological polar surface area (TPSA) is 64.8 Å². The summed E-state index contributed by atoms with van der Waals surface area (Å²) in [5, 5.41) is 11.8. The Morgan fingerprint density at radius 1 is 1.07 bits per heavy atom. The lowest BCUT2D eigenvalue weighted by atomic mass is 9.92. The van der Waals surface area contributed by atoms with Gasteiger partial charge in [-0.3, -0.25) is 9.97 Å². The van der Waals surface area contributed by atoms with Crippen molar-refractivity contribution in [3.63, 3.8) is 0 Å². The lowest BCUT2D eigenvalue weighted by Crippen LogP contribution is -2.53. The smallest absolute Gasteiger partial charge is 0.368 e. The van der Waals surface area contributed by atoms with E-state index in [4.69, 9.17) is 0 Å². The van der Waals surface area contributed by atoms with E-state index in [0.717, 1.165) is 0 Å². The number of fused-ring (bicyclic) bond motifs is 1. The van der Waals surface area contributed by atoms with E-state index < -0.39 is 37.3 Å². The monoisotopic (exact) mass is 417 g/mol. The first kappa shape index (κ1) is 21.1. The van der Waals surface area contributed by atoms with Crippen LogP contribution in [0.2, 0.25) is 0 Å². The molecular formula is C18H17F6N5. The molecule has 1 aliphatic heterocycles. The van der Waals surface area contributed by atoms with Gasteiger partial charge in [0.05, 0.1) is 23.6 Å². The summed E-state index contributed by atoms with van der Waals surface area (Å²) < 4.78 is 77.5. The van der Waals surface area contributed by atoms with Crippen LogP contribution in [0.3, 0.4) is 0 Å². The number of nitrogens with zero attached hydrogens (tertiary/aromatic N) is 4. The van der Waals surface area contributed by atoms with E-state index in [-0.39, 0.29) is 36.1 Å². The predicted molar refractivity (Wildman–Crippen MR) is 93.1 cm³/mol. The van der Waals surface area contributed by atoms with E-state index in [9.17, 15) is 31.6 Å². The summed E-state index contributed by atoms with van der Waals surface area (Å²) in [4.78, 5) is 9.71. The van der Waals surface area contributed by atoms with Crippen LogP contribution in [0.4, 0.5) is 32.0 Å². The van der Waals surface area contributed by atoms with Gasteiger partial charge in [0.25, 0.3) is 0 Å². The molecule has 1 aliphatic rings. The maximum Gasteiger partial charge on any atom is 0.393 e. The Morgan fingerprint density at radius 2 is 1.76 bits per heavy atom. The van der Waals surface area contributed by atoms with Gasteiger partial charge in [0.2, 0.25) is 0 Å². The normalized spacial score (nSPS) is 20.7. The van der Waals surface area contributed by atoms with Crippen LogP contribution in [-0.4, -0.2) is 48.0 Å². The Kier molecular flexibility index (Phi) is 5.84. The van der Waals surface area contributed by atoms with Crippen LogP contribution in [0.15, 0.2) is 24.5 Å². The molecule has 5 nitrogen and oxygen atoms in total. The maximum absolute atomic E-state index is 13.4. The van der Waals surface area contributed by atoms with Crippen molar-refractivity contribution in [3.8, 4) is 6.07 Å². The highest BCUT2D eigenvalue weighted by Gasteiger charge is 2.45. The van der Waals surface area contributed by atoms with Gasteiger partial charge >= 0.3 is 12.4 Å². The lowest BCUT2D eigenvalue weighted by Gasteiger charge is -2.40. The number of nitrogens with one attached hydrogen (secondary N) is 1. The summed E-state index contributed by atoms with van der Waals surface area (Å²) in [7, 11) is 0. The summed E-state index contributed by atoms with van der Waals surface area (Å²) in [5.41, 5.74) is 1.15. The predicted octanol–water partition coefficient (Wildman–Crippen LogP) is 3.80. The number of benzene rings is 1. The van der Waals surface area contributed by atoms with Crippen LogP contribution in [0.25, 0.3) is 11.0 Å². The van der Waals surface area contributed by atoms with Crippen molar-refractivity contribution >= 4 is 16.7 Å². The molecule has 0 amide bonds. The molecule has 1 aromatic carbocycles. The second-order valence-electron chi connectivity index (χ2n) is 6.89. The van der Waals surface area contributed by atoms with Crippen molar-refractivity contribution in [2.24, 2.45) is 5.92 Å². The standard InChI is InChI=1S/C18H17F6N5/c19-17(20,21)3-4-26-13-7-12(18(22,23)24)9-29(10-13)14-2-1-11(8-25)15-16(14)28-6-5-27-15/h1-2,5-6,12-13,26H,3-4,7,9-10H2/t12-,13+/m1/s1. The molecule has 1 saturated heterocycles. The molecule has 0 unspecified atom stereocenters. The van der Waals surface area contributed by atoms with Gasteiger partial charge in [0.1, 0.15) is 17.1 Å². The van der Waals surface area contributed by atoms with E-state index in [1.54, 1.807) is 0 Å². The molecule has 0 spiro atoms. The van der Waals surface area contributed by atoms with E-state index in [1.165, 1.54) is 29.4 Å². The van der Waals surface area contributed by atoms with Crippen molar-refractivity contribution < 1.29 is 26.3 Å². The summed E-state index contributed by atoms with van der Waals surface area (Å²) >= 11 is 0. The van der Waals surface area contributed by atoms with Crippen LogP contribution < -0.4 is 10.2 Å². The van der Waals surface area contributed by atoms with Crippen LogP contribution >= 0.6 is 0 Å². The summed E-state index contributed by atoms with van der Waals surface area (Å²) in [6.07, 6.45) is -7.55. The van der Waals surface area contributed by atoms with Gasteiger partial charge in [-0.25, -0.2) is 0 Å². The van der Waals surface area contributed by atoms with Gasteiger partial charge in [-0.05, 0) is 18.6 Å². The van der Waals surface area contributed by atoms with Crippen molar-refractivity contribution in [2.75, 3.05) is 24.5 Å². The summed E-state index contributed by atoms with van der Waals surface area (Å²) in [6.45, 7) is -0.721. The zero-order chi connectivity index (χ0) is 21.2. The zero-order valence-corrected chi connectivity index (χ0v) is 15.1. The number of rotatable bonds is 4. The van der Waals surface area contributed by atoms with E-state index in [1.807, 2.05) is 6.07 Å². The number of nitriles is 1. The Hall–Kier alpha value is -2.61. The Balaban J connectivity index is 1.89. The average Bonchev–Trinajstić information content (AvgIpc) is 2.65. The van der Waals surface area contributed by atoms with E-state index in [0.29, 0.717) is 5.69 Å². The van der Waals surface area contributed by atoms with Gasteiger partial charge in [-0.1, -0.05) is 0 Å². The minimum atomic E-state index is -4.49. The van der Waals surface area contributed by atoms with Crippen LogP contribution in [0.5, 0.6) is 0 Å². The van der Waals surface area contributed by atoms with Gasteiger partial charge in [-0.2, -0.15) is 31.6 Å². The molecule has 1 N–H and O–H groups in total. The first-order valence-electron chi connectivity index (χ1n) is 8.84. The zero-order valence-electron chi connectivity index (χ0n) is 15.1. The van der Waals surface area contributed by atoms with Gasteiger partial charge in [0.15, 0.2) is 0 Å². The van der Waals surface area contributed by atoms with Crippen molar-refractivity contribution in [1.29, 1.82) is 5.26 Å². The molecule has 3 rings (SSSR count). The highest BCUT2D eigenvalue weighted by Crippen LogP contribution is 2.37. The van der Waals surface area contributed by atoms with E-state index in [2.05, 4.69) is 15.3 Å². The maximum atomic E-state index is 13.4. The van der Waals surface area contributed by atoms with Crippen LogP contribution in [0.1, 0.15) is 18.4 Å². The fourth-order valence-electron chi connectivity index (χ4n) is 3.49. The fraction of sp³-hybridized carbons (Fsp3) is 0.500. The molecule has 29 heavy (non-hydrogen) atoms. The molecule has 2 aromatic rings. The third-order valence-corrected chi connectivity index (χ3v) is 4.82. The number of hydrogen-bond donors (Lipinski definition) is 1. The minimum Gasteiger partial charge on any atom is -0.368 e. The number of hydrogen-bond acceptors (Lipinski definition) is 5. The van der Waals surface area contributed by atoms with Crippen LogP contribution in [0, 0.1) is 17.2 Å². The molecule has 0 radical (unpaired) electrons. The number of anilines is 1. The molecule has 2 atom stereocenters. The molecule has 156 valence electrons. The van der Waals surface area contributed by atoms with Crippen molar-refractivity contribution in [2.45, 2.75) is 31.2 Å². The first-order valence-corrected chi connectivity index (χ1v) is 8.84. The van der Waals surface area contributed by atoms with Crippen LogP contribution in [-0.2, 0) is 0 Å². The van der Waals surface area contributed by atoms with Crippen molar-refractivity contribution in [1.82, 2.24) is 15.3 Å². The number of aromatic nitrogens is 2. The van der Waals surface area contributed by atoms with Gasteiger partial charge in [-0.15, -0.1) is 0 Å². The van der Waals surface area contributed by atoms with E-state index >= 15 is 0 Å². The molecule has 1 fully saturated rings. The van der Waals surface area contributed by atoms with Gasteiger partial charge < -0.3 is 10.2 Å². The number of halogens is 6. The largest absolute Gasteiger partial charge is 0.393 e. The highest BCUT2D eigenvalue weighted by molar-refractivity contribution is 5.92. The summed E-state index contributed by atoms with van der Waals surface area (Å²) in [6, 6.07) is 4.14. The quantitative estimate of drug-likeness (QED) is 0.767. The molecule has 0 bridgehead atoms. The third kappa shape index (κ3) is 5.06. The Bertz CT molecular complexity index is 904. The Morgan fingerprint density at radius 3 is 2.38 bits per heavy atom. The molecule has 0 saturated carbocycles. The minimum absolute atomic E-state index is 0.0853. The number of piperidine rings is 1. The fourth-order valence-corrected chi connectivity index (χ4v) is 3.49. The summed E-state index contributed by atoms with van der Waals surface area (Å²) in [5.74, 6) is -1.71. The molecule has 0 aliphatic carbocycles. The third-order valence-electron chi connectivity index (χ3n) is 4.82. The molecule has 2 heterocycles. The molecule has 1 aromatic heterocycles. The van der Waals surface area contributed by atoms with Crippen molar-refractivity contribution in [3.05, 3.63) is 30.1 Å². The number of alkyl halides is 6. The molecular weight excluding hydrogens is 400 g/mol. The average molecular weight is 417 g/mol. The van der Waals surface area contributed by atoms with Gasteiger partial charge in [0, 0.05) is 38.1 Å². The first-order chi connectivity index (χ1) is 13.6. The Labute approximate surface area is 162 Å². The molecule has 11 heteroatoms. The SMILES string of the molecule is N#Cc1ccc(N2C[C@@H](NCCC(F)(F)F)C[C@@H](C(F)(F)F)C2)c2nccnc12. The lowest BCUT2D eigenvalue weighted by molar-refractivity contribution is -0.178.